The number of hydrogen-bond acceptors (Lipinski definition) is 0. The third kappa shape index (κ3) is 1.28. The summed E-state index contributed by atoms with van der Waals surface area (Å²) in [5.74, 6) is 5.07. The average Bonchev–Trinajstić information content (AvgIpc) is 2.76. The van der Waals surface area contributed by atoms with E-state index in [1.165, 1.54) is 21.5 Å². The molecule has 0 aromatic heterocycles. The molecule has 0 N–H and O–H groups in total. The fraction of sp³-hybridized carbons (Fsp3) is 0.100. The van der Waals surface area contributed by atoms with E-state index in [2.05, 4.69) is 72.2 Å². The van der Waals surface area contributed by atoms with Gasteiger partial charge in [-0.25, -0.2) is 0 Å². The zero-order valence-corrected chi connectivity index (χ0v) is 14.4. The molecule has 1 aliphatic heterocycles. The topological polar surface area (TPSA) is 0 Å². The molecular formula is C20H16Ge. The number of fused-ring (bicyclic) bond motifs is 3. The first-order valence-electron chi connectivity index (χ1n) is 7.57. The van der Waals surface area contributed by atoms with Crippen LogP contribution in [-0.2, 0) is 0 Å². The van der Waals surface area contributed by atoms with Crippen LogP contribution in [0.5, 0.6) is 0 Å². The summed E-state index contributed by atoms with van der Waals surface area (Å²) in [4.78, 5) is 0. The predicted octanol–water partition coefficient (Wildman–Crippen LogP) is 4.28. The van der Waals surface area contributed by atoms with E-state index in [1.54, 1.807) is 19.6 Å². The monoisotopic (exact) mass is 330 g/mol. The second kappa shape index (κ2) is 3.69. The average molecular weight is 329 g/mol. The summed E-state index contributed by atoms with van der Waals surface area (Å²) in [6.07, 6.45) is 0. The molecule has 4 aromatic carbocycles. The van der Waals surface area contributed by atoms with Crippen LogP contribution in [0, 0.1) is 0 Å². The molecule has 21 heavy (non-hydrogen) atoms. The second-order valence-electron chi connectivity index (χ2n) is 6.63. The Kier molecular flexibility index (Phi) is 2.08. The Morgan fingerprint density at radius 1 is 0.524 bits per heavy atom. The van der Waals surface area contributed by atoms with Gasteiger partial charge in [-0.15, -0.1) is 0 Å². The van der Waals surface area contributed by atoms with Gasteiger partial charge in [0.15, 0.2) is 0 Å². The Hall–Kier alpha value is -1.80. The van der Waals surface area contributed by atoms with Gasteiger partial charge >= 0.3 is 127 Å². The van der Waals surface area contributed by atoms with E-state index >= 15 is 0 Å². The zero-order valence-electron chi connectivity index (χ0n) is 12.3. The van der Waals surface area contributed by atoms with Crippen molar-refractivity contribution in [2.75, 3.05) is 0 Å². The minimum absolute atomic E-state index is 1.40. The van der Waals surface area contributed by atoms with E-state index in [-0.39, 0.29) is 0 Å². The molecule has 0 nitrogen and oxygen atoms in total. The van der Waals surface area contributed by atoms with Gasteiger partial charge in [0.25, 0.3) is 0 Å². The molecule has 0 fully saturated rings. The molecule has 1 heteroatoms. The predicted molar refractivity (Wildman–Crippen MR) is 95.7 cm³/mol. The van der Waals surface area contributed by atoms with Crippen molar-refractivity contribution < 1.29 is 0 Å². The normalized spacial score (nSPS) is 15.5. The van der Waals surface area contributed by atoms with Gasteiger partial charge < -0.3 is 0 Å². The summed E-state index contributed by atoms with van der Waals surface area (Å²) in [5.41, 5.74) is 0. The molecule has 0 bridgehead atoms. The first-order chi connectivity index (χ1) is 10.2. The van der Waals surface area contributed by atoms with Crippen molar-refractivity contribution in [2.45, 2.75) is 11.5 Å². The van der Waals surface area contributed by atoms with Gasteiger partial charge in [-0.05, 0) is 0 Å². The number of rotatable bonds is 0. The van der Waals surface area contributed by atoms with Gasteiger partial charge in [-0.1, -0.05) is 0 Å². The molecule has 100 valence electrons. The Balaban J connectivity index is 2.26. The Bertz CT molecular complexity index is 973. The Morgan fingerprint density at radius 2 is 0.952 bits per heavy atom. The van der Waals surface area contributed by atoms with Crippen molar-refractivity contribution in [2.24, 2.45) is 0 Å². The number of hydrogen-bond donors (Lipinski definition) is 0. The van der Waals surface area contributed by atoms with Crippen LogP contribution in [0.3, 0.4) is 0 Å². The zero-order chi connectivity index (χ0) is 14.2. The van der Waals surface area contributed by atoms with E-state index < -0.39 is 13.3 Å². The van der Waals surface area contributed by atoms with Gasteiger partial charge in [0.2, 0.25) is 0 Å². The summed E-state index contributed by atoms with van der Waals surface area (Å²) in [7, 11) is 0. The first-order valence-corrected chi connectivity index (χ1v) is 13.9. The molecule has 1 heterocycles. The van der Waals surface area contributed by atoms with Gasteiger partial charge in [-0.3, -0.25) is 0 Å². The van der Waals surface area contributed by atoms with Gasteiger partial charge in [-0.2, -0.15) is 0 Å². The van der Waals surface area contributed by atoms with Gasteiger partial charge in [0.05, 0.1) is 0 Å². The molecule has 0 unspecified atom stereocenters. The molecule has 0 aliphatic carbocycles. The molecule has 0 radical (unpaired) electrons. The molecule has 4 aromatic rings. The summed E-state index contributed by atoms with van der Waals surface area (Å²) in [6, 6.07) is 22.8. The molecule has 0 saturated heterocycles. The maximum atomic E-state index is 2.54. The second-order valence-corrected chi connectivity index (χ2v) is 15.7. The Labute approximate surface area is 126 Å². The van der Waals surface area contributed by atoms with Crippen LogP contribution in [-0.4, -0.2) is 13.3 Å². The van der Waals surface area contributed by atoms with E-state index in [0.717, 1.165) is 0 Å². The summed E-state index contributed by atoms with van der Waals surface area (Å²) < 4.78 is 3.31. The number of benzene rings is 4. The fourth-order valence-corrected chi connectivity index (χ4v) is 10.7. The van der Waals surface area contributed by atoms with Crippen LogP contribution in [0.1, 0.15) is 0 Å². The molecule has 1 aliphatic rings. The first kappa shape index (κ1) is 11.8. The van der Waals surface area contributed by atoms with Crippen molar-refractivity contribution in [1.29, 1.82) is 0 Å². The molecule has 0 spiro atoms. The van der Waals surface area contributed by atoms with E-state index in [4.69, 9.17) is 0 Å². The fourth-order valence-electron chi connectivity index (χ4n) is 4.23. The maximum absolute atomic E-state index is 2.54. The van der Waals surface area contributed by atoms with Crippen LogP contribution in [0.15, 0.2) is 60.7 Å². The summed E-state index contributed by atoms with van der Waals surface area (Å²) in [6.45, 7) is 0. The molecule has 0 saturated carbocycles. The van der Waals surface area contributed by atoms with Crippen LogP contribution in [0.25, 0.3) is 32.3 Å². The quantitative estimate of drug-likeness (QED) is 0.334. The van der Waals surface area contributed by atoms with Crippen molar-refractivity contribution in [3.05, 3.63) is 60.7 Å². The summed E-state index contributed by atoms with van der Waals surface area (Å²) in [5, 5.41) is 8.79. The van der Waals surface area contributed by atoms with Crippen molar-refractivity contribution in [3.8, 4) is 0 Å². The SMILES string of the molecule is [CH3][Ge]1([CH3])[c]2cccc3c4ccccc4c4ccc[c]1c4c23. The van der Waals surface area contributed by atoms with Gasteiger partial charge in [0.1, 0.15) is 0 Å². The Morgan fingerprint density at radius 3 is 1.43 bits per heavy atom. The van der Waals surface area contributed by atoms with Crippen LogP contribution >= 0.6 is 0 Å². The van der Waals surface area contributed by atoms with Crippen molar-refractivity contribution in [1.82, 2.24) is 0 Å². The van der Waals surface area contributed by atoms with Crippen molar-refractivity contribution in [3.63, 3.8) is 0 Å². The van der Waals surface area contributed by atoms with Crippen LogP contribution < -0.4 is 8.79 Å². The molecular weight excluding hydrogens is 313 g/mol. The van der Waals surface area contributed by atoms with Gasteiger partial charge in [0, 0.05) is 0 Å². The molecule has 0 amide bonds. The minimum atomic E-state index is -2.12. The van der Waals surface area contributed by atoms with E-state index in [0.29, 0.717) is 0 Å². The molecule has 0 atom stereocenters. The standard InChI is InChI=1S/C20H16Ge/c1-21(2)17-11-5-9-15-13-7-3-4-8-14(13)16-10-6-12-18(21)20(16)19(15)17/h3-12H,1-2H3. The van der Waals surface area contributed by atoms with Crippen LogP contribution in [0.2, 0.25) is 11.5 Å². The van der Waals surface area contributed by atoms with E-state index in [9.17, 15) is 0 Å². The van der Waals surface area contributed by atoms with Crippen LogP contribution in [0.4, 0.5) is 0 Å². The molecule has 5 rings (SSSR count). The third-order valence-corrected chi connectivity index (χ3v) is 12.6. The summed E-state index contributed by atoms with van der Waals surface area (Å²) >= 11 is -2.12. The third-order valence-electron chi connectivity index (χ3n) is 5.23. The van der Waals surface area contributed by atoms with E-state index in [1.807, 2.05) is 0 Å². The van der Waals surface area contributed by atoms with Crippen molar-refractivity contribution >= 4 is 54.4 Å².